The van der Waals surface area contributed by atoms with Crippen LogP contribution in [0.4, 0.5) is 0 Å². The fourth-order valence-electron chi connectivity index (χ4n) is 9.23. The zero-order valence-electron chi connectivity index (χ0n) is 26.7. The zero-order chi connectivity index (χ0) is 32.1. The molecule has 0 N–H and O–H groups in total. The topological polar surface area (TPSA) is 12.9 Å². The van der Waals surface area contributed by atoms with Crippen LogP contribution >= 0.6 is 0 Å². The Morgan fingerprint density at radius 2 is 0.878 bits per heavy atom. The first-order valence-electron chi connectivity index (χ1n) is 17.0. The van der Waals surface area contributed by atoms with Crippen LogP contribution in [0.1, 0.15) is 22.3 Å². The Bertz CT molecular complexity index is 2760. The molecule has 226 valence electrons. The molecule has 8 aromatic carbocycles. The Labute approximate surface area is 284 Å². The molecule has 1 heteroatoms. The van der Waals surface area contributed by atoms with Gasteiger partial charge in [0.2, 0.25) is 0 Å². The lowest BCUT2D eigenvalue weighted by atomic mass is 9.68. The molecule has 49 heavy (non-hydrogen) atoms. The second kappa shape index (κ2) is 9.86. The smallest absolute Gasteiger partial charge is 0.0737 e. The van der Waals surface area contributed by atoms with Gasteiger partial charge in [-0.2, -0.15) is 0 Å². The van der Waals surface area contributed by atoms with Crippen LogP contribution < -0.4 is 0 Å². The standard InChI is InChI=1S/C48H29N/c1-3-13-40-36(9-1)37-10-2-4-14-41(37)47-45(40)42-24-22-34-29-33(31-19-17-30(18-20-31)32-25-27-49-28-26-32)21-23-35(34)46(42)48(47)43-15-7-5-11-38(43)39-12-6-8-16-44(39)48/h1-29H. The molecule has 0 fully saturated rings. The van der Waals surface area contributed by atoms with Crippen LogP contribution in [0.2, 0.25) is 0 Å². The summed E-state index contributed by atoms with van der Waals surface area (Å²) in [6, 6.07) is 61.2. The van der Waals surface area contributed by atoms with E-state index in [9.17, 15) is 0 Å². The third-order valence-corrected chi connectivity index (χ3v) is 11.2. The van der Waals surface area contributed by atoms with Crippen molar-refractivity contribution in [2.24, 2.45) is 0 Å². The first-order chi connectivity index (χ1) is 24.3. The minimum absolute atomic E-state index is 0.450. The van der Waals surface area contributed by atoms with Crippen LogP contribution in [0.25, 0.3) is 76.8 Å². The first-order valence-corrected chi connectivity index (χ1v) is 17.0. The fraction of sp³-hybridized carbons (Fsp3) is 0.0208. The van der Waals surface area contributed by atoms with Gasteiger partial charge in [-0.1, -0.05) is 146 Å². The van der Waals surface area contributed by atoms with E-state index in [0.717, 1.165) is 0 Å². The summed E-state index contributed by atoms with van der Waals surface area (Å²) in [5, 5.41) is 7.85. The summed E-state index contributed by atoms with van der Waals surface area (Å²) >= 11 is 0. The van der Waals surface area contributed by atoms with Gasteiger partial charge in [-0.3, -0.25) is 4.98 Å². The average Bonchev–Trinajstić information content (AvgIpc) is 3.66. The van der Waals surface area contributed by atoms with Gasteiger partial charge in [-0.15, -0.1) is 0 Å². The summed E-state index contributed by atoms with van der Waals surface area (Å²) in [4.78, 5) is 4.18. The summed E-state index contributed by atoms with van der Waals surface area (Å²) in [7, 11) is 0. The number of aromatic nitrogens is 1. The van der Waals surface area contributed by atoms with Crippen molar-refractivity contribution in [2.75, 3.05) is 0 Å². The molecule has 0 aliphatic heterocycles. The van der Waals surface area contributed by atoms with Gasteiger partial charge in [0.25, 0.3) is 0 Å². The molecule has 1 heterocycles. The van der Waals surface area contributed by atoms with Crippen molar-refractivity contribution in [3.8, 4) is 44.5 Å². The summed E-state index contributed by atoms with van der Waals surface area (Å²) in [6.07, 6.45) is 3.70. The maximum Gasteiger partial charge on any atom is 0.0737 e. The van der Waals surface area contributed by atoms with Gasteiger partial charge < -0.3 is 0 Å². The van der Waals surface area contributed by atoms with Crippen LogP contribution in [0, 0.1) is 0 Å². The molecule has 2 aliphatic rings. The van der Waals surface area contributed by atoms with Crippen LogP contribution in [0.5, 0.6) is 0 Å². The monoisotopic (exact) mass is 619 g/mol. The van der Waals surface area contributed by atoms with Crippen molar-refractivity contribution in [2.45, 2.75) is 5.41 Å². The molecule has 2 aliphatic carbocycles. The van der Waals surface area contributed by atoms with Crippen molar-refractivity contribution in [3.05, 3.63) is 198 Å². The van der Waals surface area contributed by atoms with E-state index in [-0.39, 0.29) is 0 Å². The van der Waals surface area contributed by atoms with E-state index in [0.29, 0.717) is 0 Å². The second-order valence-corrected chi connectivity index (χ2v) is 13.4. The summed E-state index contributed by atoms with van der Waals surface area (Å²) in [5.74, 6) is 0. The quantitative estimate of drug-likeness (QED) is 0.175. The van der Waals surface area contributed by atoms with Crippen LogP contribution in [-0.4, -0.2) is 4.98 Å². The van der Waals surface area contributed by atoms with Crippen molar-refractivity contribution < 1.29 is 0 Å². The fourth-order valence-corrected chi connectivity index (χ4v) is 9.23. The van der Waals surface area contributed by atoms with Gasteiger partial charge in [0.05, 0.1) is 5.41 Å². The van der Waals surface area contributed by atoms with Gasteiger partial charge in [-0.25, -0.2) is 0 Å². The van der Waals surface area contributed by atoms with E-state index in [4.69, 9.17) is 0 Å². The number of pyridine rings is 1. The SMILES string of the molecule is c1ccc2c(c1)-c1ccccc1C21c2c(ccc3cc(-c4ccc(-c5ccncc5)cc4)ccc23)-c2c1c1ccccc1c1ccccc21. The summed E-state index contributed by atoms with van der Waals surface area (Å²) in [5.41, 5.74) is 15.3. The molecule has 0 unspecified atom stereocenters. The number of fused-ring (bicyclic) bond motifs is 17. The maximum absolute atomic E-state index is 4.18. The minimum atomic E-state index is -0.450. The summed E-state index contributed by atoms with van der Waals surface area (Å²) in [6.45, 7) is 0. The third kappa shape index (κ3) is 3.46. The summed E-state index contributed by atoms with van der Waals surface area (Å²) < 4.78 is 0. The van der Waals surface area contributed by atoms with E-state index in [1.54, 1.807) is 0 Å². The predicted octanol–water partition coefficient (Wildman–Crippen LogP) is 12.2. The molecule has 0 radical (unpaired) electrons. The van der Waals surface area contributed by atoms with Crippen molar-refractivity contribution in [3.63, 3.8) is 0 Å². The maximum atomic E-state index is 4.18. The number of hydrogen-bond acceptors (Lipinski definition) is 1. The lowest BCUT2D eigenvalue weighted by Gasteiger charge is -2.32. The molecule has 0 saturated heterocycles. The molecule has 1 aromatic heterocycles. The van der Waals surface area contributed by atoms with Crippen molar-refractivity contribution >= 4 is 32.3 Å². The van der Waals surface area contributed by atoms with Gasteiger partial charge in [-0.05, 0) is 117 Å². The Morgan fingerprint density at radius 3 is 1.57 bits per heavy atom. The molecule has 9 aromatic rings. The molecule has 11 rings (SSSR count). The molecule has 0 bridgehead atoms. The van der Waals surface area contributed by atoms with Gasteiger partial charge >= 0.3 is 0 Å². The van der Waals surface area contributed by atoms with Crippen molar-refractivity contribution in [1.82, 2.24) is 4.98 Å². The Kier molecular flexibility index (Phi) is 5.38. The Morgan fingerprint density at radius 1 is 0.347 bits per heavy atom. The lowest BCUT2D eigenvalue weighted by molar-refractivity contribution is 0.809. The lowest BCUT2D eigenvalue weighted by Crippen LogP contribution is -2.26. The van der Waals surface area contributed by atoms with Crippen molar-refractivity contribution in [1.29, 1.82) is 0 Å². The van der Waals surface area contributed by atoms with E-state index < -0.39 is 5.41 Å². The molecular weight excluding hydrogens is 591 g/mol. The van der Waals surface area contributed by atoms with Crippen LogP contribution in [0.3, 0.4) is 0 Å². The Hall–Kier alpha value is -6.31. The minimum Gasteiger partial charge on any atom is -0.265 e. The average molecular weight is 620 g/mol. The second-order valence-electron chi connectivity index (χ2n) is 13.4. The normalized spacial score (nSPS) is 13.5. The van der Waals surface area contributed by atoms with E-state index in [1.807, 2.05) is 12.4 Å². The van der Waals surface area contributed by atoms with Gasteiger partial charge in [0, 0.05) is 12.4 Å². The van der Waals surface area contributed by atoms with Gasteiger partial charge in [0.1, 0.15) is 0 Å². The molecule has 0 amide bonds. The first kappa shape index (κ1) is 26.7. The highest BCUT2D eigenvalue weighted by molar-refractivity contribution is 6.21. The molecular formula is C48H29N. The Balaban J connectivity index is 1.24. The van der Waals surface area contributed by atoms with E-state index in [1.165, 1.54) is 99.1 Å². The number of rotatable bonds is 2. The number of hydrogen-bond donors (Lipinski definition) is 0. The number of benzene rings is 8. The third-order valence-electron chi connectivity index (χ3n) is 11.2. The largest absolute Gasteiger partial charge is 0.265 e. The molecule has 0 atom stereocenters. The predicted molar refractivity (Wildman–Crippen MR) is 204 cm³/mol. The van der Waals surface area contributed by atoms with Gasteiger partial charge in [0.15, 0.2) is 0 Å². The van der Waals surface area contributed by atoms with E-state index >= 15 is 0 Å². The van der Waals surface area contributed by atoms with Crippen LogP contribution in [-0.2, 0) is 5.41 Å². The molecule has 1 nitrogen and oxygen atoms in total. The number of nitrogens with zero attached hydrogens (tertiary/aromatic N) is 1. The highest BCUT2D eigenvalue weighted by Crippen LogP contribution is 2.66. The highest BCUT2D eigenvalue weighted by atomic mass is 14.6. The van der Waals surface area contributed by atoms with E-state index in [2.05, 4.69) is 169 Å². The van der Waals surface area contributed by atoms with Crippen LogP contribution in [0.15, 0.2) is 176 Å². The molecule has 1 spiro atoms. The zero-order valence-corrected chi connectivity index (χ0v) is 26.7. The molecule has 0 saturated carbocycles. The highest BCUT2D eigenvalue weighted by Gasteiger charge is 2.53.